The third-order valence-corrected chi connectivity index (χ3v) is 2.59. The maximum absolute atomic E-state index is 11.2. The summed E-state index contributed by atoms with van der Waals surface area (Å²) in [5.74, 6) is 1.02. The van der Waals surface area contributed by atoms with Crippen LogP contribution in [0.4, 0.5) is 0 Å². The van der Waals surface area contributed by atoms with Crippen molar-refractivity contribution in [3.8, 4) is 11.5 Å². The molecular formula is C16H16O4. The van der Waals surface area contributed by atoms with Crippen LogP contribution in [0, 0.1) is 0 Å². The van der Waals surface area contributed by atoms with Crippen molar-refractivity contribution in [3.05, 3.63) is 60.2 Å². The topological polar surface area (TPSA) is 55.8 Å². The van der Waals surface area contributed by atoms with Gasteiger partial charge in [-0.1, -0.05) is 30.3 Å². The van der Waals surface area contributed by atoms with Crippen molar-refractivity contribution in [3.63, 3.8) is 0 Å². The predicted molar refractivity (Wildman–Crippen MR) is 74.5 cm³/mol. The number of para-hydroxylation sites is 1. The molecule has 0 heterocycles. The number of aliphatic hydroxyl groups is 1. The highest BCUT2D eigenvalue weighted by atomic mass is 16.5. The van der Waals surface area contributed by atoms with E-state index in [2.05, 4.69) is 0 Å². The Morgan fingerprint density at radius 3 is 2.50 bits per heavy atom. The van der Waals surface area contributed by atoms with Crippen molar-refractivity contribution in [1.82, 2.24) is 0 Å². The first kappa shape index (κ1) is 14.1. The maximum atomic E-state index is 11.2. The van der Waals surface area contributed by atoms with Crippen LogP contribution in [0.15, 0.2) is 54.6 Å². The van der Waals surface area contributed by atoms with Crippen LogP contribution in [0.3, 0.4) is 0 Å². The van der Waals surface area contributed by atoms with E-state index in [0.29, 0.717) is 5.75 Å². The zero-order chi connectivity index (χ0) is 14.2. The summed E-state index contributed by atoms with van der Waals surface area (Å²) in [6.07, 6.45) is 0.0141. The second-order valence-electron chi connectivity index (χ2n) is 4.20. The summed E-state index contributed by atoms with van der Waals surface area (Å²) < 4.78 is 10.7. The van der Waals surface area contributed by atoms with E-state index < -0.39 is 5.97 Å². The number of hydrogen-bond donors (Lipinski definition) is 1. The largest absolute Gasteiger partial charge is 0.461 e. The molecular weight excluding hydrogens is 256 g/mol. The van der Waals surface area contributed by atoms with Gasteiger partial charge in [-0.25, -0.2) is 0 Å². The molecule has 4 heteroatoms. The molecule has 104 valence electrons. The molecule has 0 aliphatic carbocycles. The van der Waals surface area contributed by atoms with Crippen LogP contribution in [0.2, 0.25) is 0 Å². The molecule has 0 unspecified atom stereocenters. The summed E-state index contributed by atoms with van der Waals surface area (Å²) in [6.45, 7) is -0.0270. The zero-order valence-electron chi connectivity index (χ0n) is 11.0. The second-order valence-corrected chi connectivity index (χ2v) is 4.20. The number of benzene rings is 2. The maximum Gasteiger partial charge on any atom is 0.308 e. The first-order valence-electron chi connectivity index (χ1n) is 6.36. The number of carbonyl (C=O) groups is 1. The van der Waals surface area contributed by atoms with Gasteiger partial charge in [-0.3, -0.25) is 4.79 Å². The second kappa shape index (κ2) is 7.31. The molecule has 0 atom stereocenters. The van der Waals surface area contributed by atoms with E-state index in [4.69, 9.17) is 14.6 Å². The zero-order valence-corrected chi connectivity index (χ0v) is 11.0. The standard InChI is InChI=1S/C16H16O4/c17-10-9-16(18)19-12-13-5-4-8-15(11-13)20-14-6-2-1-3-7-14/h1-8,11,17H,9-10,12H2. The molecule has 2 aromatic rings. The average Bonchev–Trinajstić information content (AvgIpc) is 2.47. The monoisotopic (exact) mass is 272 g/mol. The number of aliphatic hydroxyl groups excluding tert-OH is 1. The molecule has 0 spiro atoms. The molecule has 0 amide bonds. The fraction of sp³-hybridized carbons (Fsp3) is 0.188. The van der Waals surface area contributed by atoms with Gasteiger partial charge in [-0.2, -0.15) is 0 Å². The number of esters is 1. The molecule has 0 aliphatic rings. The third-order valence-electron chi connectivity index (χ3n) is 2.59. The lowest BCUT2D eigenvalue weighted by Crippen LogP contribution is -2.06. The minimum absolute atomic E-state index is 0.0141. The highest BCUT2D eigenvalue weighted by molar-refractivity contribution is 5.69. The Morgan fingerprint density at radius 2 is 1.75 bits per heavy atom. The highest BCUT2D eigenvalue weighted by Gasteiger charge is 2.03. The van der Waals surface area contributed by atoms with Crippen molar-refractivity contribution in [2.45, 2.75) is 13.0 Å². The molecule has 1 N–H and O–H groups in total. The molecule has 0 bridgehead atoms. The minimum Gasteiger partial charge on any atom is -0.461 e. The highest BCUT2D eigenvalue weighted by Crippen LogP contribution is 2.22. The van der Waals surface area contributed by atoms with Gasteiger partial charge >= 0.3 is 5.97 Å². The quantitative estimate of drug-likeness (QED) is 0.821. The minimum atomic E-state index is -0.415. The number of ether oxygens (including phenoxy) is 2. The van der Waals surface area contributed by atoms with Crippen molar-refractivity contribution in [2.24, 2.45) is 0 Å². The van der Waals surface area contributed by atoms with E-state index in [1.807, 2.05) is 54.6 Å². The summed E-state index contributed by atoms with van der Waals surface area (Å²) in [7, 11) is 0. The normalized spacial score (nSPS) is 10.1. The molecule has 4 nitrogen and oxygen atoms in total. The van der Waals surface area contributed by atoms with Crippen LogP contribution in [-0.2, 0) is 16.1 Å². The van der Waals surface area contributed by atoms with Crippen molar-refractivity contribution in [2.75, 3.05) is 6.61 Å². The summed E-state index contributed by atoms with van der Waals surface area (Å²) in [4.78, 5) is 11.2. The Morgan fingerprint density at radius 1 is 1.00 bits per heavy atom. The van der Waals surface area contributed by atoms with Crippen LogP contribution < -0.4 is 4.74 Å². The summed E-state index contributed by atoms with van der Waals surface area (Å²) in [5.41, 5.74) is 0.838. The van der Waals surface area contributed by atoms with E-state index in [1.54, 1.807) is 0 Å². The van der Waals surface area contributed by atoms with Crippen LogP contribution >= 0.6 is 0 Å². The van der Waals surface area contributed by atoms with Gasteiger partial charge in [0, 0.05) is 0 Å². The van der Waals surface area contributed by atoms with Gasteiger partial charge in [0.15, 0.2) is 0 Å². The van der Waals surface area contributed by atoms with Crippen molar-refractivity contribution >= 4 is 5.97 Å². The smallest absolute Gasteiger partial charge is 0.308 e. The van der Waals surface area contributed by atoms with Crippen LogP contribution in [0.25, 0.3) is 0 Å². The van der Waals surface area contributed by atoms with Gasteiger partial charge in [0.25, 0.3) is 0 Å². The Balaban J connectivity index is 1.96. The number of carbonyl (C=O) groups excluding carboxylic acids is 1. The van der Waals surface area contributed by atoms with E-state index >= 15 is 0 Å². The first-order chi connectivity index (χ1) is 9.78. The van der Waals surface area contributed by atoms with Gasteiger partial charge in [0.1, 0.15) is 18.1 Å². The lowest BCUT2D eigenvalue weighted by Gasteiger charge is -2.08. The lowest BCUT2D eigenvalue weighted by atomic mass is 10.2. The Kier molecular flexibility index (Phi) is 5.15. The van der Waals surface area contributed by atoms with E-state index in [9.17, 15) is 4.79 Å². The van der Waals surface area contributed by atoms with E-state index in [0.717, 1.165) is 11.3 Å². The number of hydrogen-bond acceptors (Lipinski definition) is 4. The SMILES string of the molecule is O=C(CCO)OCc1cccc(Oc2ccccc2)c1. The van der Waals surface area contributed by atoms with Crippen molar-refractivity contribution < 1.29 is 19.4 Å². The van der Waals surface area contributed by atoms with Crippen LogP contribution in [0.1, 0.15) is 12.0 Å². The molecule has 20 heavy (non-hydrogen) atoms. The van der Waals surface area contributed by atoms with Gasteiger partial charge in [0.05, 0.1) is 13.0 Å². The summed E-state index contributed by atoms with van der Waals surface area (Å²) in [5, 5.41) is 8.62. The predicted octanol–water partition coefficient (Wildman–Crippen LogP) is 2.90. The van der Waals surface area contributed by atoms with Gasteiger partial charge in [0.2, 0.25) is 0 Å². The summed E-state index contributed by atoms with van der Waals surface area (Å²) in [6, 6.07) is 16.8. The molecule has 2 rings (SSSR count). The van der Waals surface area contributed by atoms with E-state index in [1.165, 1.54) is 0 Å². The first-order valence-corrected chi connectivity index (χ1v) is 6.36. The molecule has 0 fully saturated rings. The molecule has 2 aromatic carbocycles. The van der Waals surface area contributed by atoms with Crippen LogP contribution in [-0.4, -0.2) is 17.7 Å². The van der Waals surface area contributed by atoms with Gasteiger partial charge in [-0.05, 0) is 29.8 Å². The Bertz CT molecular complexity index is 551. The van der Waals surface area contributed by atoms with E-state index in [-0.39, 0.29) is 19.6 Å². The molecule has 0 radical (unpaired) electrons. The van der Waals surface area contributed by atoms with Crippen LogP contribution in [0.5, 0.6) is 11.5 Å². The van der Waals surface area contributed by atoms with Gasteiger partial charge < -0.3 is 14.6 Å². The average molecular weight is 272 g/mol. The molecule has 0 saturated heterocycles. The Labute approximate surface area is 117 Å². The van der Waals surface area contributed by atoms with Crippen molar-refractivity contribution in [1.29, 1.82) is 0 Å². The summed E-state index contributed by atoms with van der Waals surface area (Å²) >= 11 is 0. The third kappa shape index (κ3) is 4.40. The Hall–Kier alpha value is -2.33. The molecule has 0 aliphatic heterocycles. The lowest BCUT2D eigenvalue weighted by molar-refractivity contribution is -0.145. The number of rotatable bonds is 6. The van der Waals surface area contributed by atoms with Gasteiger partial charge in [-0.15, -0.1) is 0 Å². The molecule has 0 saturated carbocycles. The molecule has 0 aromatic heterocycles. The fourth-order valence-electron chi connectivity index (χ4n) is 1.65. The fourth-order valence-corrected chi connectivity index (χ4v) is 1.65.